The van der Waals surface area contributed by atoms with Gasteiger partial charge in [0, 0.05) is 38.9 Å². The standard InChI is InChI=1S/C11H21N5.HI/c1-4-5-6-13-11(12)15(2)8-10-7-14-16(3)9-10;/h7,9H,4-6,8H2,1-3H3,(H2,12,13);1H. The number of rotatable bonds is 5. The van der Waals surface area contributed by atoms with Crippen molar-refractivity contribution < 1.29 is 0 Å². The summed E-state index contributed by atoms with van der Waals surface area (Å²) in [5, 5.41) is 4.11. The lowest BCUT2D eigenvalue weighted by Gasteiger charge is -2.16. The van der Waals surface area contributed by atoms with E-state index in [9.17, 15) is 0 Å². The molecule has 0 unspecified atom stereocenters. The van der Waals surface area contributed by atoms with Crippen molar-refractivity contribution in [3.05, 3.63) is 18.0 Å². The van der Waals surface area contributed by atoms with E-state index in [1.54, 1.807) is 4.68 Å². The third-order valence-electron chi connectivity index (χ3n) is 2.35. The average molecular weight is 351 g/mol. The summed E-state index contributed by atoms with van der Waals surface area (Å²) in [5.74, 6) is 0.595. The average Bonchev–Trinajstić information content (AvgIpc) is 2.64. The summed E-state index contributed by atoms with van der Waals surface area (Å²) in [6.45, 7) is 3.69. The molecule has 5 nitrogen and oxygen atoms in total. The summed E-state index contributed by atoms with van der Waals surface area (Å²) in [6, 6.07) is 0. The first kappa shape index (κ1) is 16.2. The summed E-state index contributed by atoms with van der Waals surface area (Å²) in [4.78, 5) is 6.25. The van der Waals surface area contributed by atoms with Crippen LogP contribution in [0, 0.1) is 0 Å². The first-order valence-electron chi connectivity index (χ1n) is 5.62. The minimum absolute atomic E-state index is 0. The molecule has 0 fully saturated rings. The van der Waals surface area contributed by atoms with Gasteiger partial charge in [-0.1, -0.05) is 13.3 Å². The molecule has 0 radical (unpaired) electrons. The molecule has 17 heavy (non-hydrogen) atoms. The van der Waals surface area contributed by atoms with E-state index in [-0.39, 0.29) is 24.0 Å². The van der Waals surface area contributed by atoms with E-state index < -0.39 is 0 Å². The topological polar surface area (TPSA) is 59.4 Å². The lowest BCUT2D eigenvalue weighted by Crippen LogP contribution is -2.33. The number of hydrogen-bond acceptors (Lipinski definition) is 2. The number of unbranched alkanes of at least 4 members (excludes halogenated alkanes) is 1. The molecule has 0 aliphatic rings. The quantitative estimate of drug-likeness (QED) is 0.379. The monoisotopic (exact) mass is 351 g/mol. The van der Waals surface area contributed by atoms with Gasteiger partial charge in [0.1, 0.15) is 0 Å². The summed E-state index contributed by atoms with van der Waals surface area (Å²) in [5.41, 5.74) is 7.00. The second-order valence-electron chi connectivity index (χ2n) is 3.97. The SMILES string of the molecule is CCCCN=C(N)N(C)Cc1cnn(C)c1.I. The van der Waals surface area contributed by atoms with Gasteiger partial charge in [-0.3, -0.25) is 9.67 Å². The van der Waals surface area contributed by atoms with E-state index in [0.29, 0.717) is 5.96 Å². The second-order valence-corrected chi connectivity index (χ2v) is 3.97. The van der Waals surface area contributed by atoms with Gasteiger partial charge in [-0.2, -0.15) is 5.10 Å². The molecule has 98 valence electrons. The van der Waals surface area contributed by atoms with Crippen LogP contribution in [0.2, 0.25) is 0 Å². The lowest BCUT2D eigenvalue weighted by molar-refractivity contribution is 0.491. The number of hydrogen-bond donors (Lipinski definition) is 1. The highest BCUT2D eigenvalue weighted by atomic mass is 127. The number of nitrogens with two attached hydrogens (primary N) is 1. The van der Waals surface area contributed by atoms with E-state index >= 15 is 0 Å². The maximum atomic E-state index is 5.86. The molecule has 0 saturated carbocycles. The maximum Gasteiger partial charge on any atom is 0.191 e. The number of nitrogens with zero attached hydrogens (tertiary/aromatic N) is 4. The fraction of sp³-hybridized carbons (Fsp3) is 0.636. The number of aromatic nitrogens is 2. The molecular formula is C11H22IN5. The first-order chi connectivity index (χ1) is 7.63. The van der Waals surface area contributed by atoms with Crippen molar-refractivity contribution in [2.24, 2.45) is 17.8 Å². The number of aliphatic imine (C=N–C) groups is 1. The van der Waals surface area contributed by atoms with Crippen molar-refractivity contribution >= 4 is 29.9 Å². The van der Waals surface area contributed by atoms with Gasteiger partial charge >= 0.3 is 0 Å². The van der Waals surface area contributed by atoms with Gasteiger partial charge < -0.3 is 10.6 Å². The van der Waals surface area contributed by atoms with Crippen molar-refractivity contribution in [1.82, 2.24) is 14.7 Å². The molecule has 0 bridgehead atoms. The smallest absolute Gasteiger partial charge is 0.191 e. The Balaban J connectivity index is 0.00000256. The van der Waals surface area contributed by atoms with Crippen LogP contribution in [0.5, 0.6) is 0 Å². The maximum absolute atomic E-state index is 5.86. The molecule has 1 aromatic heterocycles. The van der Waals surface area contributed by atoms with Gasteiger partial charge in [0.05, 0.1) is 6.20 Å². The number of halogens is 1. The predicted molar refractivity (Wildman–Crippen MR) is 81.5 cm³/mol. The summed E-state index contributed by atoms with van der Waals surface area (Å²) >= 11 is 0. The Labute approximate surface area is 120 Å². The van der Waals surface area contributed by atoms with Crippen LogP contribution in [-0.2, 0) is 13.6 Å². The van der Waals surface area contributed by atoms with E-state index in [1.807, 2.05) is 31.4 Å². The van der Waals surface area contributed by atoms with E-state index in [1.165, 1.54) is 0 Å². The van der Waals surface area contributed by atoms with Crippen molar-refractivity contribution in [3.8, 4) is 0 Å². The minimum atomic E-state index is 0. The van der Waals surface area contributed by atoms with Crippen LogP contribution in [0.4, 0.5) is 0 Å². The zero-order chi connectivity index (χ0) is 12.0. The Bertz CT molecular complexity index is 347. The Morgan fingerprint density at radius 2 is 2.29 bits per heavy atom. The second kappa shape index (κ2) is 8.32. The van der Waals surface area contributed by atoms with E-state index in [0.717, 1.165) is 31.5 Å². The van der Waals surface area contributed by atoms with Crippen LogP contribution in [0.25, 0.3) is 0 Å². The molecule has 1 heterocycles. The molecule has 1 rings (SSSR count). The van der Waals surface area contributed by atoms with Crippen LogP contribution in [0.1, 0.15) is 25.3 Å². The zero-order valence-corrected chi connectivity index (χ0v) is 13.1. The highest BCUT2D eigenvalue weighted by Crippen LogP contribution is 2.00. The molecule has 6 heteroatoms. The molecule has 0 aliphatic carbocycles. The molecule has 0 spiro atoms. The van der Waals surface area contributed by atoms with Crippen LogP contribution >= 0.6 is 24.0 Å². The van der Waals surface area contributed by atoms with Crippen molar-refractivity contribution in [2.45, 2.75) is 26.3 Å². The van der Waals surface area contributed by atoms with E-state index in [2.05, 4.69) is 17.0 Å². The van der Waals surface area contributed by atoms with Gasteiger partial charge in [0.2, 0.25) is 0 Å². The van der Waals surface area contributed by atoms with E-state index in [4.69, 9.17) is 5.73 Å². The molecule has 0 saturated heterocycles. The highest BCUT2D eigenvalue weighted by Gasteiger charge is 2.04. The van der Waals surface area contributed by atoms with Crippen molar-refractivity contribution in [1.29, 1.82) is 0 Å². The predicted octanol–water partition coefficient (Wildman–Crippen LogP) is 1.58. The molecule has 0 atom stereocenters. The first-order valence-corrected chi connectivity index (χ1v) is 5.62. The largest absolute Gasteiger partial charge is 0.370 e. The Morgan fingerprint density at radius 3 is 2.82 bits per heavy atom. The van der Waals surface area contributed by atoms with Crippen LogP contribution < -0.4 is 5.73 Å². The van der Waals surface area contributed by atoms with Crippen molar-refractivity contribution in [2.75, 3.05) is 13.6 Å². The summed E-state index contributed by atoms with van der Waals surface area (Å²) < 4.78 is 1.79. The Hall–Kier alpha value is -0.790. The summed E-state index contributed by atoms with van der Waals surface area (Å²) in [6.07, 6.45) is 6.05. The lowest BCUT2D eigenvalue weighted by atomic mass is 10.3. The third-order valence-corrected chi connectivity index (χ3v) is 2.35. The summed E-state index contributed by atoms with van der Waals surface area (Å²) in [7, 11) is 3.85. The molecule has 0 aliphatic heterocycles. The van der Waals surface area contributed by atoms with Crippen molar-refractivity contribution in [3.63, 3.8) is 0 Å². The molecule has 1 aromatic rings. The highest BCUT2D eigenvalue weighted by molar-refractivity contribution is 14.0. The van der Waals surface area contributed by atoms with Crippen LogP contribution in [0.15, 0.2) is 17.4 Å². The van der Waals surface area contributed by atoms with Crippen LogP contribution in [-0.4, -0.2) is 34.2 Å². The third kappa shape index (κ3) is 5.90. The zero-order valence-electron chi connectivity index (χ0n) is 10.8. The van der Waals surface area contributed by atoms with Gasteiger partial charge in [-0.15, -0.1) is 24.0 Å². The van der Waals surface area contributed by atoms with Gasteiger partial charge in [-0.25, -0.2) is 0 Å². The minimum Gasteiger partial charge on any atom is -0.370 e. The fourth-order valence-corrected chi connectivity index (χ4v) is 1.38. The van der Waals surface area contributed by atoms with Gasteiger partial charge in [-0.05, 0) is 6.42 Å². The number of aryl methyl sites for hydroxylation is 1. The molecule has 0 aromatic carbocycles. The fourth-order valence-electron chi connectivity index (χ4n) is 1.38. The van der Waals surface area contributed by atoms with Gasteiger partial charge in [0.25, 0.3) is 0 Å². The van der Waals surface area contributed by atoms with Crippen LogP contribution in [0.3, 0.4) is 0 Å². The molecule has 2 N–H and O–H groups in total. The molecular weight excluding hydrogens is 329 g/mol. The molecule has 0 amide bonds. The number of guanidine groups is 1. The Morgan fingerprint density at radius 1 is 1.59 bits per heavy atom. The normalized spacial score (nSPS) is 11.1. The van der Waals surface area contributed by atoms with Gasteiger partial charge in [0.15, 0.2) is 5.96 Å². The Kier molecular flexibility index (Phi) is 7.94.